The number of ketones is 2. The first-order valence-corrected chi connectivity index (χ1v) is 19.0. The molecule has 0 spiro atoms. The van der Waals surface area contributed by atoms with Crippen molar-refractivity contribution in [2.24, 2.45) is 51.2 Å². The molecule has 0 aromatic heterocycles. The quantitative estimate of drug-likeness (QED) is 0.304. The monoisotopic (exact) mass is 642 g/mol. The highest BCUT2D eigenvalue weighted by atomic mass is 16.6. The molecule has 256 valence electrons. The summed E-state index contributed by atoms with van der Waals surface area (Å²) in [4.78, 5) is 28.9. The molecule has 2 N–H and O–H groups in total. The van der Waals surface area contributed by atoms with Gasteiger partial charge in [-0.1, -0.05) is 72.1 Å². The number of rotatable bonds is 6. The summed E-state index contributed by atoms with van der Waals surface area (Å²) >= 11 is 0. The lowest BCUT2D eigenvalue weighted by atomic mass is 9.33. The van der Waals surface area contributed by atoms with Gasteiger partial charge >= 0.3 is 0 Å². The molecule has 1 heterocycles. The molecule has 7 aliphatic carbocycles. The second-order valence-electron chi connectivity index (χ2n) is 19.1. The Labute approximate surface area is 282 Å². The van der Waals surface area contributed by atoms with E-state index in [4.69, 9.17) is 4.74 Å². The first kappa shape index (κ1) is 32.2. The lowest BCUT2D eigenvalue weighted by Gasteiger charge is -2.70. The molecule has 9 rings (SSSR count). The normalized spacial score (nSPS) is 46.6. The average Bonchev–Trinajstić information content (AvgIpc) is 3.32. The van der Waals surface area contributed by atoms with Crippen LogP contribution in [0.15, 0.2) is 35.4 Å². The Bertz CT molecular complexity index is 1550. The Balaban J connectivity index is 1.13. The smallest absolute Gasteiger partial charge is 0.159 e. The maximum atomic E-state index is 14.7. The summed E-state index contributed by atoms with van der Waals surface area (Å²) in [5.41, 5.74) is 1.79. The van der Waals surface area contributed by atoms with Gasteiger partial charge in [-0.25, -0.2) is 0 Å². The third kappa shape index (κ3) is 4.08. The molecule has 1 aliphatic heterocycles. The number of benzene rings is 1. The van der Waals surface area contributed by atoms with E-state index in [-0.39, 0.29) is 39.6 Å². The number of hydrogen-bond donors (Lipinski definition) is 2. The summed E-state index contributed by atoms with van der Waals surface area (Å²) in [6.07, 6.45) is 11.1. The van der Waals surface area contributed by atoms with Crippen LogP contribution < -0.4 is 0 Å². The van der Waals surface area contributed by atoms with Crippen LogP contribution in [-0.2, 0) is 19.7 Å². The van der Waals surface area contributed by atoms with E-state index < -0.39 is 16.9 Å². The van der Waals surface area contributed by atoms with Crippen LogP contribution in [-0.4, -0.2) is 39.6 Å². The van der Waals surface area contributed by atoms with E-state index in [1.54, 1.807) is 6.07 Å². The van der Waals surface area contributed by atoms with Crippen LogP contribution in [0.1, 0.15) is 131 Å². The molecule has 1 aromatic carbocycles. The van der Waals surface area contributed by atoms with Crippen LogP contribution in [0.3, 0.4) is 0 Å². The Morgan fingerprint density at radius 1 is 1.00 bits per heavy atom. The van der Waals surface area contributed by atoms with Crippen molar-refractivity contribution in [2.75, 3.05) is 0 Å². The van der Waals surface area contributed by atoms with Gasteiger partial charge in [0.05, 0.1) is 17.1 Å². The number of carbonyl (C=O) groups excluding carboxylic acids is 2. The SMILES string of the molecule is C[C@H](C[C@@H](O)[C@@H]1O[C@]1(C)C1CCCC1)C1=C2CCC3[C@]4(C)C[C@@]5(c6cccc(O)c6)CC[C@@H](C[C@]3(C)[C@@]2(C)CC1=O)[C@H]4C(C)(C)C5=O. The summed E-state index contributed by atoms with van der Waals surface area (Å²) in [5, 5.41) is 22.0. The number of aliphatic hydroxyl groups excluding tert-OH is 1. The van der Waals surface area contributed by atoms with Crippen LogP contribution in [0.2, 0.25) is 0 Å². The maximum absolute atomic E-state index is 14.7. The van der Waals surface area contributed by atoms with Crippen LogP contribution in [0.25, 0.3) is 0 Å². The minimum Gasteiger partial charge on any atom is -0.508 e. The Kier molecular flexibility index (Phi) is 6.90. The second-order valence-corrected chi connectivity index (χ2v) is 19.1. The van der Waals surface area contributed by atoms with Crippen molar-refractivity contribution < 1.29 is 24.5 Å². The van der Waals surface area contributed by atoms with Crippen molar-refractivity contribution in [1.82, 2.24) is 0 Å². The molecule has 1 unspecified atom stereocenters. The fraction of sp³-hybridized carbons (Fsp3) is 0.762. The van der Waals surface area contributed by atoms with Gasteiger partial charge in [0.2, 0.25) is 0 Å². The summed E-state index contributed by atoms with van der Waals surface area (Å²) in [6, 6.07) is 7.56. The van der Waals surface area contributed by atoms with Crippen molar-refractivity contribution in [2.45, 2.75) is 149 Å². The lowest BCUT2D eigenvalue weighted by Crippen LogP contribution is -2.67. The van der Waals surface area contributed by atoms with Gasteiger partial charge in [0.1, 0.15) is 17.6 Å². The molecule has 4 bridgehead atoms. The van der Waals surface area contributed by atoms with E-state index in [1.165, 1.54) is 31.3 Å². The molecule has 1 aromatic rings. The van der Waals surface area contributed by atoms with Gasteiger partial charge in [0.15, 0.2) is 5.78 Å². The number of Topliss-reactive ketones (excluding diaryl/α,β-unsaturated/α-hetero) is 2. The number of epoxide rings is 1. The Hall–Kier alpha value is -1.98. The molecule has 0 amide bonds. The van der Waals surface area contributed by atoms with E-state index in [0.29, 0.717) is 48.1 Å². The first-order valence-electron chi connectivity index (χ1n) is 19.0. The van der Waals surface area contributed by atoms with Gasteiger partial charge in [-0.05, 0) is 128 Å². The third-order valence-corrected chi connectivity index (χ3v) is 16.5. The number of aromatic hydroxyl groups is 1. The predicted molar refractivity (Wildman–Crippen MR) is 183 cm³/mol. The molecular formula is C42H58O5. The molecule has 1 saturated heterocycles. The largest absolute Gasteiger partial charge is 0.508 e. The molecule has 8 aliphatic rings. The second kappa shape index (κ2) is 10.1. The number of fused-ring (bicyclic) bond motifs is 5. The fourth-order valence-electron chi connectivity index (χ4n) is 14.7. The minimum absolute atomic E-state index is 0.00885. The van der Waals surface area contributed by atoms with E-state index in [9.17, 15) is 19.8 Å². The van der Waals surface area contributed by atoms with Crippen molar-refractivity contribution in [3.05, 3.63) is 41.0 Å². The van der Waals surface area contributed by atoms with Crippen LogP contribution in [0, 0.1) is 51.2 Å². The summed E-state index contributed by atoms with van der Waals surface area (Å²) in [6.45, 7) is 16.2. The highest BCUT2D eigenvalue weighted by molar-refractivity contribution is 6.01. The lowest BCUT2D eigenvalue weighted by molar-refractivity contribution is -0.201. The van der Waals surface area contributed by atoms with Crippen molar-refractivity contribution in [3.63, 3.8) is 0 Å². The zero-order valence-corrected chi connectivity index (χ0v) is 30.0. The third-order valence-electron chi connectivity index (χ3n) is 16.5. The van der Waals surface area contributed by atoms with Crippen molar-refractivity contribution in [1.29, 1.82) is 0 Å². The molecule has 11 atom stereocenters. The average molecular weight is 643 g/mol. The van der Waals surface area contributed by atoms with Gasteiger partial charge in [-0.15, -0.1) is 0 Å². The zero-order chi connectivity index (χ0) is 33.5. The highest BCUT2D eigenvalue weighted by Gasteiger charge is 2.74. The molecule has 47 heavy (non-hydrogen) atoms. The summed E-state index contributed by atoms with van der Waals surface area (Å²) in [5.74, 6) is 2.57. The predicted octanol–water partition coefficient (Wildman–Crippen LogP) is 8.49. The van der Waals surface area contributed by atoms with E-state index in [0.717, 1.165) is 49.7 Å². The van der Waals surface area contributed by atoms with Gasteiger partial charge in [0, 0.05) is 17.3 Å². The molecule has 6 saturated carbocycles. The van der Waals surface area contributed by atoms with Crippen molar-refractivity contribution >= 4 is 11.6 Å². The van der Waals surface area contributed by atoms with Crippen molar-refractivity contribution in [3.8, 4) is 5.75 Å². The zero-order valence-electron chi connectivity index (χ0n) is 30.0. The van der Waals surface area contributed by atoms with Crippen LogP contribution in [0.4, 0.5) is 0 Å². The summed E-state index contributed by atoms with van der Waals surface area (Å²) < 4.78 is 6.23. The molecular weight excluding hydrogens is 584 g/mol. The highest BCUT2D eigenvalue weighted by Crippen LogP contribution is 2.78. The number of allylic oxidation sites excluding steroid dienone is 2. The molecule has 5 nitrogen and oxygen atoms in total. The number of phenols is 1. The Morgan fingerprint density at radius 3 is 2.43 bits per heavy atom. The van der Waals surface area contributed by atoms with Gasteiger partial charge in [0.25, 0.3) is 0 Å². The topological polar surface area (TPSA) is 87.1 Å². The number of aliphatic hydroxyl groups is 1. The fourth-order valence-corrected chi connectivity index (χ4v) is 14.7. The van der Waals surface area contributed by atoms with Crippen LogP contribution in [0.5, 0.6) is 5.75 Å². The van der Waals surface area contributed by atoms with Gasteiger partial charge in [-0.2, -0.15) is 0 Å². The van der Waals surface area contributed by atoms with Crippen LogP contribution >= 0.6 is 0 Å². The molecule has 0 radical (unpaired) electrons. The van der Waals surface area contributed by atoms with E-state index in [2.05, 4.69) is 54.5 Å². The van der Waals surface area contributed by atoms with Gasteiger partial charge in [-0.3, -0.25) is 9.59 Å². The summed E-state index contributed by atoms with van der Waals surface area (Å²) in [7, 11) is 0. The van der Waals surface area contributed by atoms with E-state index in [1.807, 2.05) is 12.1 Å². The first-order chi connectivity index (χ1) is 22.0. The number of carbonyl (C=O) groups is 2. The number of ether oxygens (including phenoxy) is 1. The Morgan fingerprint density at radius 2 is 1.72 bits per heavy atom. The standard InChI is InChI=1S/C42H58O5/c1-24(19-30(44)35-41(7,47-35)26-11-8-9-12-26)33-29-15-16-32-38(4)23-42(27-13-10-14-28(43)20-27)18-17-25(34(38)37(2,3)36(42)46)21-40(32,6)39(29,5)22-31(33)45/h10,13-14,20,24-26,30,32,34-35,43-44H,8-9,11-12,15-19,21-23H2,1-7H3/t24-,25+,30-,32?,34+,35+,38+,39+,40+,41-,42-/m1/s1. The number of hydrogen-bond acceptors (Lipinski definition) is 5. The molecule has 7 fully saturated rings. The van der Waals surface area contributed by atoms with Gasteiger partial charge < -0.3 is 14.9 Å². The van der Waals surface area contributed by atoms with E-state index >= 15 is 0 Å². The maximum Gasteiger partial charge on any atom is 0.159 e. The number of phenolic OH excluding ortho intramolecular Hbond substituents is 1. The molecule has 5 heteroatoms. The minimum atomic E-state index is -0.594.